The van der Waals surface area contributed by atoms with Crippen molar-refractivity contribution in [3.63, 3.8) is 0 Å². The molecule has 10 rings (SSSR count). The van der Waals surface area contributed by atoms with E-state index in [4.69, 9.17) is 9.98 Å². The molecule has 4 aliphatic rings. The largest absolute Gasteiger partial charge is 0.558 e. The number of hydrogen-bond acceptors (Lipinski definition) is 2. The summed E-state index contributed by atoms with van der Waals surface area (Å²) in [5.41, 5.74) is 22.8. The van der Waals surface area contributed by atoms with Crippen LogP contribution in [0, 0.1) is 0 Å². The molecule has 0 fully saturated rings. The van der Waals surface area contributed by atoms with Gasteiger partial charge in [-0.1, -0.05) is 357 Å². The van der Waals surface area contributed by atoms with Crippen LogP contribution in [0.5, 0.6) is 0 Å². The molecule has 0 saturated heterocycles. The van der Waals surface area contributed by atoms with Crippen molar-refractivity contribution >= 4 is 49.4 Å². The minimum absolute atomic E-state index is 0.487. The molecule has 1 unspecified atom stereocenters. The van der Waals surface area contributed by atoms with Gasteiger partial charge in [-0.25, -0.2) is 9.98 Å². The van der Waals surface area contributed by atoms with Crippen molar-refractivity contribution < 1.29 is 22.4 Å². The lowest BCUT2D eigenvalue weighted by atomic mass is 9.87. The standard InChI is InChI=1S/C135H220N9.Al.H/c1-19-37-60-112(61-38-20-2)116-68-76-120(77-69-116)132-124-84-88-128(136-124)134(122-80-72-118(73-81-122)114(64-56-108-141(95-43-25-7,96-44-26-8)97-45-27-9)65-57-109-142(98-46-28-10,99-47-29-11)100-48-30-12)130-90-86-126(138-130)133(121-78-70-117(71-79-121)113(62-39-21-3)63-55-107-140(92-40-22-4,93-41-23-5)94-42-24-6)127-87-91-131(139-127)135(129-89-85-125(132)137-129)123-82-74-119(75-83-123)115(66-58-110-143(101-49-31-13,102-50-32-14)103-51-33-15)67-59-111-144(104-52-34-16,105-53-35-17)106-54-36-18;;/h68-91,112-115H,19-67,92-111H2,1-18H3;;/q+3;+2;. The van der Waals surface area contributed by atoms with Gasteiger partial charge in [0.25, 0.3) is 0 Å². The zero-order chi connectivity index (χ0) is 103. The van der Waals surface area contributed by atoms with Gasteiger partial charge in [0.1, 0.15) is 0 Å². The molecule has 804 valence electrons. The van der Waals surface area contributed by atoms with Crippen LogP contribution in [0.1, 0.15) is 519 Å². The molecule has 145 heavy (non-hydrogen) atoms. The summed E-state index contributed by atoms with van der Waals surface area (Å²) in [7, 11) is 0. The first-order valence-corrected chi connectivity index (χ1v) is 64.1. The first-order chi connectivity index (χ1) is 71.0. The van der Waals surface area contributed by atoms with E-state index < -0.39 is 15.7 Å². The minimum Gasteiger partial charge on any atom is -0.417 e. The Labute approximate surface area is 900 Å². The number of hydrogen-bond donors (Lipinski definition) is 0. The average Bonchev–Trinajstić information content (AvgIpc) is 1.57. The molecule has 0 aliphatic carbocycles. The molecular weight excluding hydrogens is 1770 g/mol. The van der Waals surface area contributed by atoms with Gasteiger partial charge >= 0.3 is 15.7 Å². The number of quaternary nitrogens is 5. The number of aliphatic imine (C=N–C) groups is 2. The van der Waals surface area contributed by atoms with E-state index in [0.717, 1.165) is 22.8 Å². The smallest absolute Gasteiger partial charge is 0.417 e. The van der Waals surface area contributed by atoms with E-state index in [-0.39, 0.29) is 0 Å². The molecule has 9 nitrogen and oxygen atoms in total. The minimum atomic E-state index is -1.60. The van der Waals surface area contributed by atoms with Crippen molar-refractivity contribution in [3.8, 4) is 0 Å². The lowest BCUT2D eigenvalue weighted by Gasteiger charge is -2.40. The highest BCUT2D eigenvalue weighted by Crippen LogP contribution is 2.43. The van der Waals surface area contributed by atoms with Crippen LogP contribution >= 0.6 is 0 Å². The third kappa shape index (κ3) is 35.4. The van der Waals surface area contributed by atoms with Crippen molar-refractivity contribution in [3.05, 3.63) is 224 Å². The number of benzene rings is 4. The molecule has 0 spiro atoms. The fraction of sp³-hybridized carbons (Fsp3) is 0.674. The summed E-state index contributed by atoms with van der Waals surface area (Å²) in [5.74, 6) is 2.04. The molecule has 10 heteroatoms. The fourth-order valence-corrected chi connectivity index (χ4v) is 28.3. The third-order valence-corrected chi connectivity index (χ3v) is 37.6. The van der Waals surface area contributed by atoms with E-state index in [0.29, 0.717) is 23.7 Å². The average molecular weight is 2000 g/mol. The molecule has 2 aromatic heterocycles. The van der Waals surface area contributed by atoms with E-state index >= 15 is 0 Å². The first kappa shape index (κ1) is 121. The number of unbranched alkanes of at least 4 members (excludes halogenated alkanes) is 18. The molecule has 6 heterocycles. The van der Waals surface area contributed by atoms with E-state index in [1.54, 1.807) is 0 Å². The number of allylic oxidation sites excluding steroid dienone is 4. The zero-order valence-corrected chi connectivity index (χ0v) is 99.1. The monoisotopic (exact) mass is 2000 g/mol. The van der Waals surface area contributed by atoms with Gasteiger partial charge in [0, 0.05) is 44.4 Å². The summed E-state index contributed by atoms with van der Waals surface area (Å²) in [6.45, 7) is 70.0. The Balaban J connectivity index is 1.22. The fourth-order valence-electron chi connectivity index (χ4n) is 26.3. The molecule has 4 aromatic carbocycles. The Kier molecular flexibility index (Phi) is 54.9. The highest BCUT2D eigenvalue weighted by Gasteiger charge is 2.37. The number of nitrogens with zero attached hydrogens (tertiary/aromatic N) is 9. The normalized spacial score (nSPS) is 14.3. The molecule has 4 aliphatic heterocycles. The highest BCUT2D eigenvalue weighted by atomic mass is 27.1. The van der Waals surface area contributed by atoms with Crippen LogP contribution in [0.25, 0.3) is 22.3 Å². The van der Waals surface area contributed by atoms with Crippen LogP contribution in [-0.4, -0.2) is 187 Å². The second-order valence-electron chi connectivity index (χ2n) is 47.0. The maximum absolute atomic E-state index is 6.22. The quantitative estimate of drug-likeness (QED) is 0.0269. The summed E-state index contributed by atoms with van der Waals surface area (Å²) in [6.07, 6.45) is 72.6. The molecule has 0 N–H and O–H groups in total. The van der Waals surface area contributed by atoms with E-state index in [1.807, 2.05) is 0 Å². The predicted molar refractivity (Wildman–Crippen MR) is 640 cm³/mol. The second kappa shape index (κ2) is 65.9. The maximum atomic E-state index is 6.22. The molecule has 0 amide bonds. The summed E-state index contributed by atoms with van der Waals surface area (Å²) in [5, 5.41) is 2.52. The molecule has 1 atom stereocenters. The molecule has 0 saturated carbocycles. The number of aromatic nitrogens is 2. The second-order valence-corrected chi connectivity index (χ2v) is 48.6. The van der Waals surface area contributed by atoms with Crippen LogP contribution in [0.4, 0.5) is 0 Å². The van der Waals surface area contributed by atoms with Crippen LogP contribution in [0.3, 0.4) is 0 Å². The van der Waals surface area contributed by atoms with Gasteiger partial charge < -0.3 is 29.5 Å². The zero-order valence-electron chi connectivity index (χ0n) is 97.7. The topological polar surface area (TPSA) is 34.6 Å². The summed E-state index contributed by atoms with van der Waals surface area (Å²) in [6, 6.07) is 51.4. The van der Waals surface area contributed by atoms with Gasteiger partial charge in [-0.3, -0.25) is 0 Å². The van der Waals surface area contributed by atoms with Crippen molar-refractivity contribution in [2.75, 3.05) is 131 Å². The van der Waals surface area contributed by atoms with E-state index in [9.17, 15) is 0 Å². The lowest BCUT2D eigenvalue weighted by Crippen LogP contribution is -2.51. The molecule has 6 aromatic rings. The van der Waals surface area contributed by atoms with Gasteiger partial charge in [-0.2, -0.15) is 0 Å². The van der Waals surface area contributed by atoms with E-state index in [2.05, 4.69) is 277 Å². The maximum Gasteiger partial charge on any atom is 0.558 e. The Morgan fingerprint density at radius 3 is 0.566 bits per heavy atom. The molecule has 6 bridgehead atoms. The lowest BCUT2D eigenvalue weighted by molar-refractivity contribution is -0.929. The SMILES string of the molecule is CCCCC(CCCC)c1ccc(C2=c3ccc4[n]3[AlH][n]3c(ccc3C(c3ccc(C(CCCC)CCC[N+](CCCC)(CCCC)CCCC)cc3)=C3C=CC(=N3)C=4c3ccc(C(CCC[N+](CCCC)(CCCC)CCCC)CCC[N+](CCCC)(CCCC)CCCC)cc3)C(c3ccc(C(CCC[N+](CCCC)(CCCC)CCCC)CCC[N+](CCCC)(CCCC)CCCC)cc3)=C3C=CC2=N3)cc1. The van der Waals surface area contributed by atoms with Gasteiger partial charge in [0.05, 0.1) is 154 Å². The summed E-state index contributed by atoms with van der Waals surface area (Å²) >= 11 is -1.60. The third-order valence-electron chi connectivity index (χ3n) is 35.7. The molecular formula is C135H221AlN9+5. The van der Waals surface area contributed by atoms with Gasteiger partial charge in [-0.05, 0) is 297 Å². The van der Waals surface area contributed by atoms with Crippen LogP contribution in [-0.2, 0) is 0 Å². The number of rotatable bonds is 82. The van der Waals surface area contributed by atoms with Crippen LogP contribution in [0.15, 0.2) is 167 Å². The Morgan fingerprint density at radius 1 is 0.193 bits per heavy atom. The van der Waals surface area contributed by atoms with Crippen LogP contribution in [0.2, 0.25) is 0 Å². The Hall–Kier alpha value is -6.19. The van der Waals surface area contributed by atoms with Gasteiger partial charge in [0.15, 0.2) is 0 Å². The van der Waals surface area contributed by atoms with E-state index in [1.165, 1.54) is 557 Å². The highest BCUT2D eigenvalue weighted by molar-refractivity contribution is 6.37. The summed E-state index contributed by atoms with van der Waals surface area (Å²) in [4.78, 5) is 12.4. The Bertz CT molecular complexity index is 4750. The Morgan fingerprint density at radius 2 is 0.372 bits per heavy atom. The van der Waals surface area contributed by atoms with Gasteiger partial charge in [0.2, 0.25) is 0 Å². The molecule has 0 radical (unpaired) electrons. The number of fused-ring (bicyclic) bond motifs is 2. The van der Waals surface area contributed by atoms with Crippen molar-refractivity contribution in [1.82, 2.24) is 7.10 Å². The summed E-state index contributed by atoms with van der Waals surface area (Å²) < 4.78 is 12.3. The van der Waals surface area contributed by atoms with Crippen LogP contribution < -0.4 is 10.7 Å². The first-order valence-electron chi connectivity index (χ1n) is 62.8. The van der Waals surface area contributed by atoms with Crippen molar-refractivity contribution in [2.45, 2.75) is 463 Å². The van der Waals surface area contributed by atoms with Crippen molar-refractivity contribution in [1.29, 1.82) is 0 Å². The van der Waals surface area contributed by atoms with Gasteiger partial charge in [-0.15, -0.1) is 0 Å². The van der Waals surface area contributed by atoms with Crippen molar-refractivity contribution in [2.24, 2.45) is 9.98 Å². The predicted octanol–water partition coefficient (Wildman–Crippen LogP) is 34.8.